The van der Waals surface area contributed by atoms with E-state index in [9.17, 15) is 14.0 Å². The molecule has 4 aromatic rings. The molecule has 5 rings (SSSR count). The zero-order chi connectivity index (χ0) is 24.4. The van der Waals surface area contributed by atoms with Crippen molar-refractivity contribution >= 4 is 28.5 Å². The van der Waals surface area contributed by atoms with E-state index in [4.69, 9.17) is 4.74 Å². The summed E-state index contributed by atoms with van der Waals surface area (Å²) in [6, 6.07) is 17.8. The Bertz CT molecular complexity index is 1400. The molecule has 0 aliphatic carbocycles. The van der Waals surface area contributed by atoms with Crippen LogP contribution in [0.5, 0.6) is 0 Å². The molecule has 7 nitrogen and oxygen atoms in total. The number of rotatable bonds is 6. The van der Waals surface area contributed by atoms with Crippen LogP contribution in [-0.4, -0.2) is 46.5 Å². The molecule has 2 amide bonds. The third-order valence-electron chi connectivity index (χ3n) is 6.19. The smallest absolute Gasteiger partial charge is 0.256 e. The molecular weight excluding hydrogens is 447 g/mol. The number of hydrogen-bond acceptors (Lipinski definition) is 4. The third kappa shape index (κ3) is 4.79. The van der Waals surface area contributed by atoms with E-state index in [0.29, 0.717) is 41.9 Å². The number of benzene rings is 3. The lowest BCUT2D eigenvalue weighted by atomic mass is 9.99. The van der Waals surface area contributed by atoms with Crippen LogP contribution < -0.4 is 5.32 Å². The number of carbonyl (C=O) groups excluding carboxylic acids is 2. The lowest BCUT2D eigenvalue weighted by Gasteiger charge is -2.29. The second-order valence-electron chi connectivity index (χ2n) is 8.62. The van der Waals surface area contributed by atoms with Gasteiger partial charge in [-0.15, -0.1) is 0 Å². The van der Waals surface area contributed by atoms with E-state index in [2.05, 4.69) is 16.4 Å². The molecule has 35 heavy (non-hydrogen) atoms. The van der Waals surface area contributed by atoms with Crippen LogP contribution in [-0.2, 0) is 29.0 Å². The van der Waals surface area contributed by atoms with Gasteiger partial charge in [-0.25, -0.2) is 9.37 Å². The Morgan fingerprint density at radius 2 is 1.86 bits per heavy atom. The summed E-state index contributed by atoms with van der Waals surface area (Å²) < 4.78 is 20.2. The highest BCUT2D eigenvalue weighted by molar-refractivity contribution is 6.07. The molecule has 178 valence electrons. The van der Waals surface area contributed by atoms with Crippen LogP contribution in [0.25, 0.3) is 11.0 Å². The predicted molar refractivity (Wildman–Crippen MR) is 131 cm³/mol. The largest absolute Gasteiger partial charge is 0.375 e. The highest BCUT2D eigenvalue weighted by atomic mass is 19.1. The molecule has 0 spiro atoms. The van der Waals surface area contributed by atoms with Crippen LogP contribution in [0.1, 0.15) is 27.0 Å². The van der Waals surface area contributed by atoms with E-state index in [1.165, 1.54) is 24.8 Å². The molecule has 0 radical (unpaired) electrons. The van der Waals surface area contributed by atoms with Crippen molar-refractivity contribution in [3.05, 3.63) is 95.1 Å². The number of imidazole rings is 1. The zero-order valence-electron chi connectivity index (χ0n) is 19.3. The van der Waals surface area contributed by atoms with Gasteiger partial charge < -0.3 is 19.5 Å². The first-order chi connectivity index (χ1) is 17.0. The topological polar surface area (TPSA) is 76.5 Å². The SMILES string of the molecule is COCC(=O)Nc1cc(C(=O)N2CCc3ccccc3C2)c2c(c1)ncn2Cc1ccc(F)cc1. The number of halogens is 1. The Morgan fingerprint density at radius 1 is 1.09 bits per heavy atom. The molecule has 0 saturated carbocycles. The van der Waals surface area contributed by atoms with Gasteiger partial charge in [0.05, 0.1) is 22.9 Å². The van der Waals surface area contributed by atoms with Gasteiger partial charge in [0.2, 0.25) is 5.91 Å². The van der Waals surface area contributed by atoms with Crippen LogP contribution in [0.15, 0.2) is 67.0 Å². The molecule has 0 saturated heterocycles. The van der Waals surface area contributed by atoms with Crippen LogP contribution in [0.2, 0.25) is 0 Å². The first kappa shape index (κ1) is 22.7. The summed E-state index contributed by atoms with van der Waals surface area (Å²) in [7, 11) is 1.45. The quantitative estimate of drug-likeness (QED) is 0.460. The zero-order valence-corrected chi connectivity index (χ0v) is 19.3. The van der Waals surface area contributed by atoms with Gasteiger partial charge in [-0.2, -0.15) is 0 Å². The van der Waals surface area contributed by atoms with Crippen molar-refractivity contribution in [1.82, 2.24) is 14.5 Å². The minimum absolute atomic E-state index is 0.0940. The maximum Gasteiger partial charge on any atom is 0.256 e. The molecule has 0 unspecified atom stereocenters. The molecule has 0 bridgehead atoms. The first-order valence-electron chi connectivity index (χ1n) is 11.4. The monoisotopic (exact) mass is 472 g/mol. The Hall–Kier alpha value is -4.04. The first-order valence-corrected chi connectivity index (χ1v) is 11.4. The number of aromatic nitrogens is 2. The fourth-order valence-corrected chi connectivity index (χ4v) is 4.52. The lowest BCUT2D eigenvalue weighted by molar-refractivity contribution is -0.119. The van der Waals surface area contributed by atoms with Crippen LogP contribution in [0.4, 0.5) is 10.1 Å². The summed E-state index contributed by atoms with van der Waals surface area (Å²) in [6.07, 6.45) is 2.45. The number of hydrogen-bond donors (Lipinski definition) is 1. The number of methoxy groups -OCH3 is 1. The normalized spacial score (nSPS) is 13.0. The molecule has 8 heteroatoms. The summed E-state index contributed by atoms with van der Waals surface area (Å²) >= 11 is 0. The van der Waals surface area contributed by atoms with Gasteiger partial charge in [0.25, 0.3) is 5.91 Å². The predicted octanol–water partition coefficient (Wildman–Crippen LogP) is 4.01. The summed E-state index contributed by atoms with van der Waals surface area (Å²) in [5.74, 6) is -0.752. The number of nitrogens with zero attached hydrogens (tertiary/aromatic N) is 3. The van der Waals surface area contributed by atoms with Crippen molar-refractivity contribution in [1.29, 1.82) is 0 Å². The fraction of sp³-hybridized carbons (Fsp3) is 0.222. The molecular formula is C27H25FN4O3. The Balaban J connectivity index is 1.54. The van der Waals surface area contributed by atoms with Gasteiger partial charge in [-0.1, -0.05) is 36.4 Å². The number of ether oxygens (including phenoxy) is 1. The molecule has 3 aromatic carbocycles. The number of nitrogens with one attached hydrogen (secondary N) is 1. The van der Waals surface area contributed by atoms with Crippen molar-refractivity contribution in [2.75, 3.05) is 25.6 Å². The summed E-state index contributed by atoms with van der Waals surface area (Å²) in [5, 5.41) is 2.79. The van der Waals surface area contributed by atoms with Crippen molar-refractivity contribution < 1.29 is 18.7 Å². The number of fused-ring (bicyclic) bond motifs is 2. The second kappa shape index (κ2) is 9.68. The molecule has 1 aromatic heterocycles. The van der Waals surface area contributed by atoms with E-state index in [1.807, 2.05) is 27.7 Å². The maximum absolute atomic E-state index is 13.8. The summed E-state index contributed by atoms with van der Waals surface area (Å²) in [5.41, 5.74) is 5.46. The summed E-state index contributed by atoms with van der Waals surface area (Å²) in [4.78, 5) is 32.3. The molecule has 1 aliphatic heterocycles. The Morgan fingerprint density at radius 3 is 2.63 bits per heavy atom. The van der Waals surface area contributed by atoms with E-state index >= 15 is 0 Å². The minimum atomic E-state index is -0.317. The minimum Gasteiger partial charge on any atom is -0.375 e. The lowest BCUT2D eigenvalue weighted by Crippen LogP contribution is -2.36. The number of amides is 2. The van der Waals surface area contributed by atoms with E-state index in [1.54, 1.807) is 30.6 Å². The average Bonchev–Trinajstić information content (AvgIpc) is 3.26. The van der Waals surface area contributed by atoms with E-state index in [0.717, 1.165) is 17.5 Å². The highest BCUT2D eigenvalue weighted by Gasteiger charge is 2.25. The van der Waals surface area contributed by atoms with Gasteiger partial charge >= 0.3 is 0 Å². The van der Waals surface area contributed by atoms with Gasteiger partial charge in [0.1, 0.15) is 12.4 Å². The van der Waals surface area contributed by atoms with Crippen molar-refractivity contribution in [2.24, 2.45) is 0 Å². The van der Waals surface area contributed by atoms with E-state index in [-0.39, 0.29) is 24.2 Å². The highest BCUT2D eigenvalue weighted by Crippen LogP contribution is 2.28. The van der Waals surface area contributed by atoms with Gasteiger partial charge in [-0.05, 0) is 47.4 Å². The standard InChI is InChI=1S/C27H25FN4O3/c1-35-16-25(33)30-22-12-23(27(34)31-11-10-19-4-2-3-5-20(19)15-31)26-24(13-22)29-17-32(26)14-18-6-8-21(28)9-7-18/h2-9,12-13,17H,10-11,14-16H2,1H3,(H,30,33). The molecule has 0 atom stereocenters. The average molecular weight is 473 g/mol. The molecule has 2 heterocycles. The van der Waals surface area contributed by atoms with Crippen molar-refractivity contribution in [3.63, 3.8) is 0 Å². The maximum atomic E-state index is 13.8. The molecule has 1 N–H and O–H groups in total. The second-order valence-corrected chi connectivity index (χ2v) is 8.62. The Kier molecular flexibility index (Phi) is 6.29. The Labute approximate surface area is 202 Å². The van der Waals surface area contributed by atoms with Gasteiger partial charge in [0.15, 0.2) is 0 Å². The van der Waals surface area contributed by atoms with E-state index < -0.39 is 0 Å². The van der Waals surface area contributed by atoms with Crippen LogP contribution >= 0.6 is 0 Å². The molecule has 1 aliphatic rings. The molecule has 0 fully saturated rings. The van der Waals surface area contributed by atoms with Crippen LogP contribution in [0, 0.1) is 5.82 Å². The third-order valence-corrected chi connectivity index (χ3v) is 6.19. The van der Waals surface area contributed by atoms with Crippen molar-refractivity contribution in [3.8, 4) is 0 Å². The summed E-state index contributed by atoms with van der Waals surface area (Å²) in [6.45, 7) is 1.45. The van der Waals surface area contributed by atoms with Crippen molar-refractivity contribution in [2.45, 2.75) is 19.5 Å². The number of anilines is 1. The van der Waals surface area contributed by atoms with Crippen LogP contribution in [0.3, 0.4) is 0 Å². The number of carbonyl (C=O) groups is 2. The fourth-order valence-electron chi connectivity index (χ4n) is 4.52. The van der Waals surface area contributed by atoms with Gasteiger partial charge in [-0.3, -0.25) is 9.59 Å². The van der Waals surface area contributed by atoms with Gasteiger partial charge in [0, 0.05) is 32.4 Å².